The van der Waals surface area contributed by atoms with Crippen LogP contribution in [0.4, 0.5) is 5.95 Å². The third kappa shape index (κ3) is 3.20. The highest BCUT2D eigenvalue weighted by molar-refractivity contribution is 5.72. The first-order chi connectivity index (χ1) is 7.67. The van der Waals surface area contributed by atoms with E-state index in [1.807, 2.05) is 13.0 Å². The molecule has 0 aliphatic rings. The number of carboxylic acid groups (broad SMARTS) is 1. The van der Waals surface area contributed by atoms with Crippen molar-refractivity contribution in [3.8, 4) is 6.07 Å². The Morgan fingerprint density at radius 1 is 1.69 bits per heavy atom. The van der Waals surface area contributed by atoms with Crippen LogP contribution in [0.1, 0.15) is 19.0 Å². The summed E-state index contributed by atoms with van der Waals surface area (Å²) < 4.78 is 0. The molecule has 6 nitrogen and oxygen atoms in total. The molecular formula is C10H12N4O2. The van der Waals surface area contributed by atoms with Gasteiger partial charge >= 0.3 is 5.97 Å². The van der Waals surface area contributed by atoms with Gasteiger partial charge in [-0.05, 0) is 12.5 Å². The average Bonchev–Trinajstić information content (AvgIpc) is 2.28. The molecule has 0 unspecified atom stereocenters. The van der Waals surface area contributed by atoms with Gasteiger partial charge in [0, 0.05) is 12.7 Å². The molecule has 0 bridgehead atoms. The van der Waals surface area contributed by atoms with Crippen LogP contribution in [0, 0.1) is 11.3 Å². The smallest absolute Gasteiger partial charge is 0.323 e. The average molecular weight is 220 g/mol. The zero-order chi connectivity index (χ0) is 12.0. The van der Waals surface area contributed by atoms with Crippen molar-refractivity contribution in [2.45, 2.75) is 13.3 Å². The highest BCUT2D eigenvalue weighted by Crippen LogP contribution is 2.07. The molecule has 84 valence electrons. The van der Waals surface area contributed by atoms with Crippen LogP contribution < -0.4 is 4.90 Å². The number of nitrogens with zero attached hydrogens (tertiary/aromatic N) is 4. The Bertz CT molecular complexity index is 414. The fraction of sp³-hybridized carbons (Fsp3) is 0.400. The van der Waals surface area contributed by atoms with Gasteiger partial charge in [0.25, 0.3) is 0 Å². The third-order valence-corrected chi connectivity index (χ3v) is 1.86. The van der Waals surface area contributed by atoms with Gasteiger partial charge in [-0.25, -0.2) is 9.97 Å². The first-order valence-corrected chi connectivity index (χ1v) is 4.87. The van der Waals surface area contributed by atoms with E-state index in [-0.39, 0.29) is 18.2 Å². The van der Waals surface area contributed by atoms with Crippen LogP contribution in [-0.2, 0) is 4.79 Å². The minimum atomic E-state index is -0.945. The standard InChI is InChI=1S/C10H12N4O2/c1-2-5-14(7-9(15)16)10-12-4-3-8(6-11)13-10/h3-4H,2,5,7H2,1H3,(H,15,16). The molecule has 16 heavy (non-hydrogen) atoms. The van der Waals surface area contributed by atoms with E-state index in [1.54, 1.807) is 0 Å². The Kier molecular flexibility index (Phi) is 4.21. The summed E-state index contributed by atoms with van der Waals surface area (Å²) in [5.74, 6) is -0.664. The quantitative estimate of drug-likeness (QED) is 0.783. The maximum absolute atomic E-state index is 10.7. The van der Waals surface area contributed by atoms with Crippen molar-refractivity contribution in [1.29, 1.82) is 5.26 Å². The number of aromatic nitrogens is 2. The number of aliphatic carboxylic acids is 1. The Labute approximate surface area is 93.2 Å². The Hall–Kier alpha value is -2.16. The fourth-order valence-electron chi connectivity index (χ4n) is 1.25. The lowest BCUT2D eigenvalue weighted by atomic mass is 10.4. The number of carbonyl (C=O) groups is 1. The summed E-state index contributed by atoms with van der Waals surface area (Å²) in [7, 11) is 0. The second-order valence-corrected chi connectivity index (χ2v) is 3.17. The number of nitriles is 1. The largest absolute Gasteiger partial charge is 0.480 e. The van der Waals surface area contributed by atoms with E-state index in [1.165, 1.54) is 17.2 Å². The number of carboxylic acids is 1. The van der Waals surface area contributed by atoms with Crippen LogP contribution in [0.5, 0.6) is 0 Å². The molecule has 0 fully saturated rings. The van der Waals surface area contributed by atoms with Gasteiger partial charge < -0.3 is 10.0 Å². The molecule has 1 aromatic heterocycles. The molecule has 0 saturated carbocycles. The molecule has 0 saturated heterocycles. The number of hydrogen-bond donors (Lipinski definition) is 1. The third-order valence-electron chi connectivity index (χ3n) is 1.86. The van der Waals surface area contributed by atoms with Crippen LogP contribution >= 0.6 is 0 Å². The maximum Gasteiger partial charge on any atom is 0.323 e. The van der Waals surface area contributed by atoms with E-state index in [9.17, 15) is 4.79 Å². The monoisotopic (exact) mass is 220 g/mol. The lowest BCUT2D eigenvalue weighted by Crippen LogP contribution is -2.32. The van der Waals surface area contributed by atoms with Gasteiger partial charge in [-0.15, -0.1) is 0 Å². The molecule has 0 spiro atoms. The van der Waals surface area contributed by atoms with Crippen molar-refractivity contribution in [3.05, 3.63) is 18.0 Å². The topological polar surface area (TPSA) is 90.1 Å². The number of anilines is 1. The molecule has 0 radical (unpaired) electrons. The lowest BCUT2D eigenvalue weighted by molar-refractivity contribution is -0.135. The van der Waals surface area contributed by atoms with Crippen molar-refractivity contribution >= 4 is 11.9 Å². The van der Waals surface area contributed by atoms with Crippen molar-refractivity contribution < 1.29 is 9.90 Å². The van der Waals surface area contributed by atoms with Crippen LogP contribution in [0.15, 0.2) is 12.3 Å². The van der Waals surface area contributed by atoms with E-state index in [0.717, 1.165) is 6.42 Å². The van der Waals surface area contributed by atoms with E-state index >= 15 is 0 Å². The van der Waals surface area contributed by atoms with Crippen LogP contribution in [0.3, 0.4) is 0 Å². The summed E-state index contributed by atoms with van der Waals surface area (Å²) in [5.41, 5.74) is 0.233. The summed E-state index contributed by atoms with van der Waals surface area (Å²) in [4.78, 5) is 20.1. The lowest BCUT2D eigenvalue weighted by Gasteiger charge is -2.19. The molecule has 0 aromatic carbocycles. The Balaban J connectivity index is 2.91. The molecule has 1 N–H and O–H groups in total. The van der Waals surface area contributed by atoms with E-state index < -0.39 is 5.97 Å². The summed E-state index contributed by atoms with van der Waals surface area (Å²) in [6.45, 7) is 2.31. The Morgan fingerprint density at radius 3 is 3.00 bits per heavy atom. The molecule has 1 aromatic rings. The predicted molar refractivity (Wildman–Crippen MR) is 56.9 cm³/mol. The van der Waals surface area contributed by atoms with Gasteiger partial charge in [0.05, 0.1) is 0 Å². The summed E-state index contributed by atoms with van der Waals surface area (Å²) in [6.07, 6.45) is 2.23. The zero-order valence-electron chi connectivity index (χ0n) is 8.92. The molecule has 6 heteroatoms. The van der Waals surface area contributed by atoms with Crippen molar-refractivity contribution in [3.63, 3.8) is 0 Å². The second kappa shape index (κ2) is 5.66. The number of hydrogen-bond acceptors (Lipinski definition) is 5. The van der Waals surface area contributed by atoms with Gasteiger partial charge in [-0.3, -0.25) is 4.79 Å². The van der Waals surface area contributed by atoms with Crippen LogP contribution in [0.25, 0.3) is 0 Å². The molecule has 0 amide bonds. The highest BCUT2D eigenvalue weighted by Gasteiger charge is 2.12. The van der Waals surface area contributed by atoms with Gasteiger partial charge in [0.1, 0.15) is 18.3 Å². The molecule has 1 heterocycles. The van der Waals surface area contributed by atoms with Gasteiger partial charge in [-0.1, -0.05) is 6.92 Å². The molecular weight excluding hydrogens is 208 g/mol. The second-order valence-electron chi connectivity index (χ2n) is 3.17. The molecule has 1 rings (SSSR count). The van der Waals surface area contributed by atoms with Gasteiger partial charge in [0.2, 0.25) is 5.95 Å². The van der Waals surface area contributed by atoms with E-state index in [4.69, 9.17) is 10.4 Å². The van der Waals surface area contributed by atoms with Crippen molar-refractivity contribution in [2.75, 3.05) is 18.0 Å². The first kappa shape index (κ1) is 11.9. The van der Waals surface area contributed by atoms with Crippen LogP contribution in [-0.4, -0.2) is 34.1 Å². The van der Waals surface area contributed by atoms with E-state index in [2.05, 4.69) is 9.97 Å². The zero-order valence-corrected chi connectivity index (χ0v) is 8.92. The summed E-state index contributed by atoms with van der Waals surface area (Å²) in [5, 5.41) is 17.4. The Morgan fingerprint density at radius 2 is 2.44 bits per heavy atom. The summed E-state index contributed by atoms with van der Waals surface area (Å²) in [6, 6.07) is 3.37. The molecule has 0 atom stereocenters. The minimum Gasteiger partial charge on any atom is -0.480 e. The SMILES string of the molecule is CCCN(CC(=O)O)c1nccc(C#N)n1. The van der Waals surface area contributed by atoms with E-state index in [0.29, 0.717) is 6.54 Å². The first-order valence-electron chi connectivity index (χ1n) is 4.87. The maximum atomic E-state index is 10.7. The minimum absolute atomic E-state index is 0.164. The highest BCUT2D eigenvalue weighted by atomic mass is 16.4. The normalized spacial score (nSPS) is 9.50. The van der Waals surface area contributed by atoms with Gasteiger partial charge in [-0.2, -0.15) is 5.26 Å². The van der Waals surface area contributed by atoms with Crippen LogP contribution in [0.2, 0.25) is 0 Å². The fourth-order valence-corrected chi connectivity index (χ4v) is 1.25. The molecule has 0 aliphatic carbocycles. The molecule has 0 aliphatic heterocycles. The van der Waals surface area contributed by atoms with Crippen molar-refractivity contribution in [1.82, 2.24) is 9.97 Å². The summed E-state index contributed by atoms with van der Waals surface area (Å²) >= 11 is 0. The number of rotatable bonds is 5. The predicted octanol–water partition coefficient (Wildman–Crippen LogP) is 0.649. The van der Waals surface area contributed by atoms with Crippen molar-refractivity contribution in [2.24, 2.45) is 0 Å². The van der Waals surface area contributed by atoms with Gasteiger partial charge in [0.15, 0.2) is 0 Å².